The van der Waals surface area contributed by atoms with Crippen LogP contribution in [0.2, 0.25) is 0 Å². The predicted octanol–water partition coefficient (Wildman–Crippen LogP) is 3.45. The summed E-state index contributed by atoms with van der Waals surface area (Å²) in [6.07, 6.45) is 0. The number of benzene rings is 1. The number of nitrogens with zero attached hydrogens (tertiary/aromatic N) is 1. The zero-order chi connectivity index (χ0) is 15.4. The molecule has 0 bridgehead atoms. The Morgan fingerprint density at radius 3 is 2.77 bits per heavy atom. The summed E-state index contributed by atoms with van der Waals surface area (Å²) >= 11 is 1.51. The van der Waals surface area contributed by atoms with Gasteiger partial charge in [0.2, 0.25) is 0 Å². The van der Waals surface area contributed by atoms with Gasteiger partial charge in [0.1, 0.15) is 5.82 Å². The second kappa shape index (κ2) is 6.58. The van der Waals surface area contributed by atoms with Crippen LogP contribution in [0.25, 0.3) is 10.9 Å². The molecule has 2 N–H and O–H groups in total. The monoisotopic (exact) mass is 311 g/mol. The molecule has 0 aliphatic heterocycles. The number of hydrogen-bond acceptors (Lipinski definition) is 4. The van der Waals surface area contributed by atoms with Crippen molar-refractivity contribution < 1.29 is 4.79 Å². The minimum atomic E-state index is -0.0219. The Bertz CT molecular complexity index is 797. The summed E-state index contributed by atoms with van der Waals surface area (Å²) in [7, 11) is 0. The van der Waals surface area contributed by atoms with E-state index in [4.69, 9.17) is 0 Å². The molecule has 0 spiro atoms. The SMILES string of the molecule is Cc1ccc(C(=O)NCCNc2ccc3ccccc3n2)s1. The summed E-state index contributed by atoms with van der Waals surface area (Å²) in [5.74, 6) is 0.797. The van der Waals surface area contributed by atoms with E-state index in [1.165, 1.54) is 11.3 Å². The first-order valence-corrected chi connectivity index (χ1v) is 7.98. The largest absolute Gasteiger partial charge is 0.368 e. The van der Waals surface area contributed by atoms with Gasteiger partial charge in [-0.05, 0) is 37.3 Å². The van der Waals surface area contributed by atoms with E-state index >= 15 is 0 Å². The maximum Gasteiger partial charge on any atom is 0.261 e. The number of carbonyl (C=O) groups is 1. The molecule has 4 nitrogen and oxygen atoms in total. The van der Waals surface area contributed by atoms with Gasteiger partial charge in [0.15, 0.2) is 0 Å². The van der Waals surface area contributed by atoms with Crippen LogP contribution in [0, 0.1) is 6.92 Å². The lowest BCUT2D eigenvalue weighted by molar-refractivity contribution is 0.0959. The van der Waals surface area contributed by atoms with Crippen molar-refractivity contribution in [3.63, 3.8) is 0 Å². The molecule has 2 heterocycles. The average molecular weight is 311 g/mol. The highest BCUT2D eigenvalue weighted by molar-refractivity contribution is 7.13. The molecule has 0 saturated heterocycles. The number of carbonyl (C=O) groups excluding carboxylic acids is 1. The van der Waals surface area contributed by atoms with E-state index in [1.54, 1.807) is 0 Å². The minimum absolute atomic E-state index is 0.0219. The summed E-state index contributed by atoms with van der Waals surface area (Å²) in [5, 5.41) is 7.25. The lowest BCUT2D eigenvalue weighted by atomic mass is 10.2. The first-order valence-electron chi connectivity index (χ1n) is 7.17. The summed E-state index contributed by atoms with van der Waals surface area (Å²) in [6, 6.07) is 15.8. The van der Waals surface area contributed by atoms with Crippen LogP contribution in [-0.2, 0) is 0 Å². The second-order valence-corrected chi connectivity index (χ2v) is 6.27. The molecule has 0 unspecified atom stereocenters. The molecule has 3 aromatic rings. The molecule has 1 amide bonds. The molecule has 0 aliphatic rings. The van der Waals surface area contributed by atoms with E-state index in [-0.39, 0.29) is 5.91 Å². The number of thiophene rings is 1. The fourth-order valence-electron chi connectivity index (χ4n) is 2.17. The number of anilines is 1. The van der Waals surface area contributed by atoms with Crippen molar-refractivity contribution in [1.29, 1.82) is 0 Å². The van der Waals surface area contributed by atoms with Crippen molar-refractivity contribution in [3.05, 3.63) is 58.3 Å². The Morgan fingerprint density at radius 1 is 1.09 bits per heavy atom. The first-order chi connectivity index (χ1) is 10.7. The molecule has 22 heavy (non-hydrogen) atoms. The van der Waals surface area contributed by atoms with Crippen molar-refractivity contribution in [2.75, 3.05) is 18.4 Å². The second-order valence-electron chi connectivity index (χ2n) is 4.98. The van der Waals surface area contributed by atoms with E-state index in [0.29, 0.717) is 13.1 Å². The molecule has 0 fully saturated rings. The fourth-order valence-corrected chi connectivity index (χ4v) is 2.96. The van der Waals surface area contributed by atoms with E-state index in [0.717, 1.165) is 26.5 Å². The molecule has 0 saturated carbocycles. The van der Waals surface area contributed by atoms with Gasteiger partial charge in [0.25, 0.3) is 5.91 Å². The van der Waals surface area contributed by atoms with Crippen molar-refractivity contribution in [2.45, 2.75) is 6.92 Å². The van der Waals surface area contributed by atoms with Gasteiger partial charge in [0, 0.05) is 23.4 Å². The van der Waals surface area contributed by atoms with Crippen molar-refractivity contribution in [2.24, 2.45) is 0 Å². The molecular weight excluding hydrogens is 294 g/mol. The van der Waals surface area contributed by atoms with Crippen LogP contribution in [0.4, 0.5) is 5.82 Å². The summed E-state index contributed by atoms with van der Waals surface area (Å²) in [4.78, 5) is 18.3. The number of para-hydroxylation sites is 1. The van der Waals surface area contributed by atoms with Gasteiger partial charge in [-0.25, -0.2) is 4.98 Å². The van der Waals surface area contributed by atoms with Gasteiger partial charge in [-0.15, -0.1) is 11.3 Å². The highest BCUT2D eigenvalue weighted by atomic mass is 32.1. The Hall–Kier alpha value is -2.40. The zero-order valence-corrected chi connectivity index (χ0v) is 13.1. The van der Waals surface area contributed by atoms with Crippen LogP contribution in [0.15, 0.2) is 48.5 Å². The third kappa shape index (κ3) is 3.43. The molecule has 112 valence electrons. The number of fused-ring (bicyclic) bond motifs is 1. The summed E-state index contributed by atoms with van der Waals surface area (Å²) in [5.41, 5.74) is 0.964. The Labute approximate surface area is 133 Å². The molecular formula is C17H17N3OS. The first kappa shape index (κ1) is 14.5. The average Bonchev–Trinajstić information content (AvgIpc) is 2.98. The van der Waals surface area contributed by atoms with Crippen LogP contribution in [0.3, 0.4) is 0 Å². The van der Waals surface area contributed by atoms with Crippen LogP contribution in [0.1, 0.15) is 14.5 Å². The number of aryl methyl sites for hydroxylation is 1. The van der Waals surface area contributed by atoms with E-state index < -0.39 is 0 Å². The Kier molecular flexibility index (Phi) is 4.34. The predicted molar refractivity (Wildman–Crippen MR) is 91.6 cm³/mol. The number of rotatable bonds is 5. The Morgan fingerprint density at radius 2 is 1.95 bits per heavy atom. The van der Waals surface area contributed by atoms with Gasteiger partial charge in [-0.1, -0.05) is 18.2 Å². The minimum Gasteiger partial charge on any atom is -0.368 e. The molecule has 1 aromatic carbocycles. The van der Waals surface area contributed by atoms with Crippen molar-refractivity contribution in [3.8, 4) is 0 Å². The third-order valence-corrected chi connectivity index (χ3v) is 4.28. The normalized spacial score (nSPS) is 10.6. The van der Waals surface area contributed by atoms with Gasteiger partial charge >= 0.3 is 0 Å². The quantitative estimate of drug-likeness (QED) is 0.710. The van der Waals surface area contributed by atoms with E-state index in [9.17, 15) is 4.79 Å². The molecule has 0 radical (unpaired) electrons. The van der Waals surface area contributed by atoms with Gasteiger partial charge in [-0.2, -0.15) is 0 Å². The number of nitrogens with one attached hydrogen (secondary N) is 2. The lowest BCUT2D eigenvalue weighted by Gasteiger charge is -2.07. The van der Waals surface area contributed by atoms with Crippen molar-refractivity contribution in [1.82, 2.24) is 10.3 Å². The molecule has 0 aliphatic carbocycles. The third-order valence-electron chi connectivity index (χ3n) is 3.28. The fraction of sp³-hybridized carbons (Fsp3) is 0.176. The van der Waals surface area contributed by atoms with Crippen LogP contribution >= 0.6 is 11.3 Å². The summed E-state index contributed by atoms with van der Waals surface area (Å²) < 4.78 is 0. The number of aromatic nitrogens is 1. The highest BCUT2D eigenvalue weighted by Gasteiger charge is 2.06. The zero-order valence-electron chi connectivity index (χ0n) is 12.3. The molecule has 0 atom stereocenters. The smallest absolute Gasteiger partial charge is 0.261 e. The van der Waals surface area contributed by atoms with E-state index in [2.05, 4.69) is 15.6 Å². The summed E-state index contributed by atoms with van der Waals surface area (Å²) in [6.45, 7) is 3.19. The molecule has 2 aromatic heterocycles. The topological polar surface area (TPSA) is 54.0 Å². The van der Waals surface area contributed by atoms with Crippen molar-refractivity contribution >= 4 is 34.0 Å². The van der Waals surface area contributed by atoms with Crippen LogP contribution in [0.5, 0.6) is 0 Å². The lowest BCUT2D eigenvalue weighted by Crippen LogP contribution is -2.28. The van der Waals surface area contributed by atoms with Crippen LogP contribution < -0.4 is 10.6 Å². The highest BCUT2D eigenvalue weighted by Crippen LogP contribution is 2.15. The van der Waals surface area contributed by atoms with Gasteiger partial charge < -0.3 is 10.6 Å². The Balaban J connectivity index is 1.51. The molecule has 5 heteroatoms. The molecule has 3 rings (SSSR count). The maximum atomic E-state index is 11.9. The standard InChI is InChI=1S/C17H17N3OS/c1-12-6-8-15(22-12)17(21)19-11-10-18-16-9-7-13-4-2-3-5-14(13)20-16/h2-9H,10-11H2,1H3,(H,18,20)(H,19,21). The van der Waals surface area contributed by atoms with E-state index in [1.807, 2.05) is 55.5 Å². The number of pyridine rings is 1. The number of amides is 1. The van der Waals surface area contributed by atoms with Gasteiger partial charge in [-0.3, -0.25) is 4.79 Å². The number of hydrogen-bond donors (Lipinski definition) is 2. The van der Waals surface area contributed by atoms with Gasteiger partial charge in [0.05, 0.1) is 10.4 Å². The van der Waals surface area contributed by atoms with Crippen LogP contribution in [-0.4, -0.2) is 24.0 Å². The maximum absolute atomic E-state index is 11.9.